The number of aromatic nitrogens is 3. The minimum Gasteiger partial charge on any atom is -0.461 e. The lowest BCUT2D eigenvalue weighted by atomic mass is 10.1. The van der Waals surface area contributed by atoms with E-state index in [0.717, 1.165) is 16.8 Å². The van der Waals surface area contributed by atoms with Crippen LogP contribution in [0.3, 0.4) is 0 Å². The number of nitrogens with one attached hydrogen (secondary N) is 1. The summed E-state index contributed by atoms with van der Waals surface area (Å²) < 4.78 is 6.73. The predicted molar refractivity (Wildman–Crippen MR) is 63.7 cm³/mol. The minimum absolute atomic E-state index is 0.337. The topological polar surface area (TPSA) is 59.9 Å². The molecular weight excluding hydrogens is 218 g/mol. The SMILES string of the molecule is CCOC(=O)c1[nH]ccc1-c1cn(C)nc1C. The largest absolute Gasteiger partial charge is 0.461 e. The summed E-state index contributed by atoms with van der Waals surface area (Å²) in [5.41, 5.74) is 3.13. The van der Waals surface area contributed by atoms with Crippen LogP contribution in [0.1, 0.15) is 23.1 Å². The lowest BCUT2D eigenvalue weighted by Crippen LogP contribution is -2.06. The van der Waals surface area contributed by atoms with Gasteiger partial charge in [-0.2, -0.15) is 5.10 Å². The van der Waals surface area contributed by atoms with Crippen LogP contribution in [0.5, 0.6) is 0 Å². The molecule has 2 heterocycles. The van der Waals surface area contributed by atoms with Gasteiger partial charge in [0, 0.05) is 30.6 Å². The fraction of sp³-hybridized carbons (Fsp3) is 0.333. The molecule has 0 aliphatic carbocycles. The maximum atomic E-state index is 11.7. The van der Waals surface area contributed by atoms with Crippen LogP contribution in [0.15, 0.2) is 18.5 Å². The molecule has 2 aromatic rings. The normalized spacial score (nSPS) is 10.5. The second-order valence-electron chi connectivity index (χ2n) is 3.79. The van der Waals surface area contributed by atoms with E-state index in [1.807, 2.05) is 26.2 Å². The third-order valence-electron chi connectivity index (χ3n) is 2.53. The number of nitrogens with zero attached hydrogens (tertiary/aromatic N) is 2. The van der Waals surface area contributed by atoms with Crippen molar-refractivity contribution in [3.8, 4) is 11.1 Å². The zero-order chi connectivity index (χ0) is 12.4. The summed E-state index contributed by atoms with van der Waals surface area (Å²) in [6, 6.07) is 1.86. The van der Waals surface area contributed by atoms with Gasteiger partial charge in [0.25, 0.3) is 0 Å². The van der Waals surface area contributed by atoms with Crippen LogP contribution in [0.2, 0.25) is 0 Å². The number of carbonyl (C=O) groups is 1. The van der Waals surface area contributed by atoms with E-state index in [9.17, 15) is 4.79 Å². The molecule has 0 saturated carbocycles. The van der Waals surface area contributed by atoms with Gasteiger partial charge in [0.2, 0.25) is 0 Å². The first-order valence-corrected chi connectivity index (χ1v) is 5.48. The fourth-order valence-electron chi connectivity index (χ4n) is 1.83. The minimum atomic E-state index is -0.337. The number of hydrogen-bond acceptors (Lipinski definition) is 3. The van der Waals surface area contributed by atoms with E-state index in [1.165, 1.54) is 0 Å². The van der Waals surface area contributed by atoms with E-state index in [-0.39, 0.29) is 5.97 Å². The molecule has 2 aromatic heterocycles. The monoisotopic (exact) mass is 233 g/mol. The van der Waals surface area contributed by atoms with Crippen molar-refractivity contribution in [1.29, 1.82) is 0 Å². The number of carbonyl (C=O) groups excluding carboxylic acids is 1. The molecule has 0 amide bonds. The van der Waals surface area contributed by atoms with Gasteiger partial charge in [-0.3, -0.25) is 4.68 Å². The summed E-state index contributed by atoms with van der Waals surface area (Å²) in [6.07, 6.45) is 3.62. The molecule has 0 radical (unpaired) electrons. The van der Waals surface area contributed by atoms with Crippen LogP contribution in [0.4, 0.5) is 0 Å². The number of rotatable bonds is 3. The molecule has 0 atom stereocenters. The smallest absolute Gasteiger partial charge is 0.355 e. The van der Waals surface area contributed by atoms with Gasteiger partial charge in [0.05, 0.1) is 12.3 Å². The third kappa shape index (κ3) is 2.08. The van der Waals surface area contributed by atoms with Crippen molar-refractivity contribution in [2.75, 3.05) is 6.61 Å². The Morgan fingerprint density at radius 1 is 1.53 bits per heavy atom. The van der Waals surface area contributed by atoms with Crippen LogP contribution in [0, 0.1) is 6.92 Å². The van der Waals surface area contributed by atoms with Crippen LogP contribution in [0.25, 0.3) is 11.1 Å². The number of aryl methyl sites for hydroxylation is 2. The summed E-state index contributed by atoms with van der Waals surface area (Å²) in [5, 5.41) is 4.26. The molecule has 0 fully saturated rings. The summed E-state index contributed by atoms with van der Waals surface area (Å²) in [5.74, 6) is -0.337. The van der Waals surface area contributed by atoms with Gasteiger partial charge in [0.1, 0.15) is 5.69 Å². The molecule has 0 unspecified atom stereocenters. The molecule has 0 spiro atoms. The molecule has 0 aliphatic heterocycles. The second kappa shape index (κ2) is 4.45. The Morgan fingerprint density at radius 3 is 2.88 bits per heavy atom. The molecule has 2 rings (SSSR count). The van der Waals surface area contributed by atoms with Crippen molar-refractivity contribution < 1.29 is 9.53 Å². The summed E-state index contributed by atoms with van der Waals surface area (Å²) in [4.78, 5) is 14.7. The molecule has 17 heavy (non-hydrogen) atoms. The Labute approximate surface area is 99.4 Å². The number of hydrogen-bond donors (Lipinski definition) is 1. The molecular formula is C12H15N3O2. The standard InChI is InChI=1S/C12H15N3O2/c1-4-17-12(16)11-9(5-6-13-11)10-7-15(3)14-8(10)2/h5-7,13H,4H2,1-3H3. The van der Waals surface area contributed by atoms with E-state index in [1.54, 1.807) is 17.8 Å². The highest BCUT2D eigenvalue weighted by molar-refractivity contribution is 5.95. The lowest BCUT2D eigenvalue weighted by molar-refractivity contribution is 0.0521. The van der Waals surface area contributed by atoms with Crippen molar-refractivity contribution in [3.63, 3.8) is 0 Å². The zero-order valence-electron chi connectivity index (χ0n) is 10.2. The predicted octanol–water partition coefficient (Wildman–Crippen LogP) is 1.90. The quantitative estimate of drug-likeness (QED) is 0.824. The van der Waals surface area contributed by atoms with Crippen molar-refractivity contribution in [3.05, 3.63) is 29.8 Å². The Bertz CT molecular complexity index is 540. The Morgan fingerprint density at radius 2 is 2.29 bits per heavy atom. The fourth-order valence-corrected chi connectivity index (χ4v) is 1.83. The van der Waals surface area contributed by atoms with Gasteiger partial charge in [-0.25, -0.2) is 4.79 Å². The molecule has 5 heteroatoms. The number of esters is 1. The van der Waals surface area contributed by atoms with E-state index in [2.05, 4.69) is 10.1 Å². The average Bonchev–Trinajstić information content (AvgIpc) is 2.84. The van der Waals surface area contributed by atoms with Crippen LogP contribution >= 0.6 is 0 Å². The third-order valence-corrected chi connectivity index (χ3v) is 2.53. The first-order valence-electron chi connectivity index (χ1n) is 5.48. The first-order chi connectivity index (χ1) is 8.13. The van der Waals surface area contributed by atoms with Gasteiger partial charge in [0.15, 0.2) is 0 Å². The van der Waals surface area contributed by atoms with Crippen LogP contribution < -0.4 is 0 Å². The zero-order valence-corrected chi connectivity index (χ0v) is 10.2. The Kier molecular flexibility index (Phi) is 2.99. The highest BCUT2D eigenvalue weighted by atomic mass is 16.5. The molecule has 0 saturated heterocycles. The highest BCUT2D eigenvalue weighted by Crippen LogP contribution is 2.25. The van der Waals surface area contributed by atoms with E-state index >= 15 is 0 Å². The van der Waals surface area contributed by atoms with Crippen LogP contribution in [-0.2, 0) is 11.8 Å². The van der Waals surface area contributed by atoms with Crippen molar-refractivity contribution in [1.82, 2.24) is 14.8 Å². The molecule has 1 N–H and O–H groups in total. The molecule has 0 bridgehead atoms. The van der Waals surface area contributed by atoms with Crippen molar-refractivity contribution >= 4 is 5.97 Å². The highest BCUT2D eigenvalue weighted by Gasteiger charge is 2.17. The van der Waals surface area contributed by atoms with Gasteiger partial charge >= 0.3 is 5.97 Å². The van der Waals surface area contributed by atoms with Gasteiger partial charge in [-0.05, 0) is 19.9 Å². The maximum absolute atomic E-state index is 11.7. The number of ether oxygens (including phenoxy) is 1. The lowest BCUT2D eigenvalue weighted by Gasteiger charge is -2.02. The van der Waals surface area contributed by atoms with E-state index < -0.39 is 0 Å². The second-order valence-corrected chi connectivity index (χ2v) is 3.79. The summed E-state index contributed by atoms with van der Waals surface area (Å²) in [6.45, 7) is 4.07. The molecule has 90 valence electrons. The summed E-state index contributed by atoms with van der Waals surface area (Å²) in [7, 11) is 1.85. The average molecular weight is 233 g/mol. The Balaban J connectivity index is 2.43. The van der Waals surface area contributed by atoms with E-state index in [0.29, 0.717) is 12.3 Å². The molecule has 5 nitrogen and oxygen atoms in total. The van der Waals surface area contributed by atoms with Crippen molar-refractivity contribution in [2.45, 2.75) is 13.8 Å². The number of aromatic amines is 1. The van der Waals surface area contributed by atoms with Crippen LogP contribution in [-0.4, -0.2) is 27.3 Å². The summed E-state index contributed by atoms with van der Waals surface area (Å²) >= 11 is 0. The van der Waals surface area contributed by atoms with Gasteiger partial charge < -0.3 is 9.72 Å². The van der Waals surface area contributed by atoms with Gasteiger partial charge in [-0.15, -0.1) is 0 Å². The molecule has 0 aromatic carbocycles. The van der Waals surface area contributed by atoms with Crippen molar-refractivity contribution in [2.24, 2.45) is 7.05 Å². The molecule has 0 aliphatic rings. The van der Waals surface area contributed by atoms with E-state index in [4.69, 9.17) is 4.74 Å². The number of H-pyrrole nitrogens is 1. The maximum Gasteiger partial charge on any atom is 0.355 e. The first kappa shape index (κ1) is 11.4. The Hall–Kier alpha value is -2.04. The van der Waals surface area contributed by atoms with Gasteiger partial charge in [-0.1, -0.05) is 0 Å².